The summed E-state index contributed by atoms with van der Waals surface area (Å²) in [7, 11) is 3.61. The molecule has 1 aliphatic heterocycles. The quantitative estimate of drug-likeness (QED) is 0.895. The minimum absolute atomic E-state index is 0.120. The Kier molecular flexibility index (Phi) is 5.00. The van der Waals surface area contributed by atoms with E-state index in [-0.39, 0.29) is 6.03 Å². The molecule has 2 rings (SSSR count). The Labute approximate surface area is 120 Å². The monoisotopic (exact) mass is 279 g/mol. The van der Waals surface area contributed by atoms with E-state index >= 15 is 0 Å². The standard InChI is InChI=1S/C14H25N5O/c1-12(10-18-9-6-15-11-18)16-13-4-7-19(8-5-13)14(20)17(2)3/h6,9,11-13,16H,4-5,7-8,10H2,1-3H3. The molecule has 6 nitrogen and oxygen atoms in total. The van der Waals surface area contributed by atoms with Crippen LogP contribution in [0.25, 0.3) is 0 Å². The molecular formula is C14H25N5O. The molecule has 2 amide bonds. The number of urea groups is 1. The lowest BCUT2D eigenvalue weighted by molar-refractivity contribution is 0.150. The van der Waals surface area contributed by atoms with Crippen LogP contribution in [0.1, 0.15) is 19.8 Å². The van der Waals surface area contributed by atoms with Gasteiger partial charge in [0.25, 0.3) is 0 Å². The maximum Gasteiger partial charge on any atom is 0.319 e. The van der Waals surface area contributed by atoms with E-state index in [0.717, 1.165) is 32.5 Å². The Morgan fingerprint density at radius 3 is 2.70 bits per heavy atom. The van der Waals surface area contributed by atoms with Crippen LogP contribution in [0.15, 0.2) is 18.7 Å². The van der Waals surface area contributed by atoms with Gasteiger partial charge in [-0.25, -0.2) is 9.78 Å². The molecular weight excluding hydrogens is 254 g/mol. The van der Waals surface area contributed by atoms with Gasteiger partial charge in [-0.05, 0) is 19.8 Å². The summed E-state index contributed by atoms with van der Waals surface area (Å²) in [6, 6.07) is 1.03. The smallest absolute Gasteiger partial charge is 0.319 e. The third kappa shape index (κ3) is 3.96. The number of piperidine rings is 1. The van der Waals surface area contributed by atoms with Gasteiger partial charge in [-0.2, -0.15) is 0 Å². The molecule has 0 aliphatic carbocycles. The molecule has 1 atom stereocenters. The van der Waals surface area contributed by atoms with Crippen molar-refractivity contribution in [3.05, 3.63) is 18.7 Å². The third-order valence-electron chi connectivity index (χ3n) is 3.71. The normalized spacial score (nSPS) is 18.1. The van der Waals surface area contributed by atoms with E-state index in [4.69, 9.17) is 0 Å². The molecule has 0 saturated carbocycles. The average Bonchev–Trinajstić information content (AvgIpc) is 2.91. The average molecular weight is 279 g/mol. The van der Waals surface area contributed by atoms with E-state index in [1.165, 1.54) is 0 Å². The molecule has 2 heterocycles. The van der Waals surface area contributed by atoms with Crippen LogP contribution in [0.4, 0.5) is 4.79 Å². The fourth-order valence-corrected chi connectivity index (χ4v) is 2.69. The predicted molar refractivity (Wildman–Crippen MR) is 78.5 cm³/mol. The highest BCUT2D eigenvalue weighted by Crippen LogP contribution is 2.12. The Balaban J connectivity index is 1.72. The highest BCUT2D eigenvalue weighted by molar-refractivity contribution is 5.73. The fraction of sp³-hybridized carbons (Fsp3) is 0.714. The Morgan fingerprint density at radius 1 is 1.45 bits per heavy atom. The summed E-state index contributed by atoms with van der Waals surface area (Å²) in [5, 5.41) is 3.65. The van der Waals surface area contributed by atoms with Crippen molar-refractivity contribution in [1.29, 1.82) is 0 Å². The van der Waals surface area contributed by atoms with Crippen LogP contribution in [0.3, 0.4) is 0 Å². The molecule has 0 spiro atoms. The molecule has 0 bridgehead atoms. The molecule has 6 heteroatoms. The van der Waals surface area contributed by atoms with E-state index in [9.17, 15) is 4.79 Å². The van der Waals surface area contributed by atoms with E-state index < -0.39 is 0 Å². The van der Waals surface area contributed by atoms with Crippen molar-refractivity contribution in [3.63, 3.8) is 0 Å². The highest BCUT2D eigenvalue weighted by Gasteiger charge is 2.24. The van der Waals surface area contributed by atoms with Gasteiger partial charge < -0.3 is 19.7 Å². The number of nitrogens with one attached hydrogen (secondary N) is 1. The predicted octanol–water partition coefficient (Wildman–Crippen LogP) is 1.01. The van der Waals surface area contributed by atoms with Gasteiger partial charge in [0, 0.05) is 58.2 Å². The summed E-state index contributed by atoms with van der Waals surface area (Å²) >= 11 is 0. The summed E-state index contributed by atoms with van der Waals surface area (Å²) in [5.41, 5.74) is 0. The highest BCUT2D eigenvalue weighted by atomic mass is 16.2. The van der Waals surface area contributed by atoms with Crippen LogP contribution < -0.4 is 5.32 Å². The molecule has 0 radical (unpaired) electrons. The van der Waals surface area contributed by atoms with Gasteiger partial charge in [0.15, 0.2) is 0 Å². The van der Waals surface area contributed by atoms with Crippen molar-refractivity contribution in [2.75, 3.05) is 27.2 Å². The fourth-order valence-electron chi connectivity index (χ4n) is 2.69. The second-order valence-electron chi connectivity index (χ2n) is 5.77. The number of hydrogen-bond acceptors (Lipinski definition) is 3. The zero-order valence-corrected chi connectivity index (χ0v) is 12.6. The zero-order chi connectivity index (χ0) is 14.5. The lowest BCUT2D eigenvalue weighted by atomic mass is 10.0. The van der Waals surface area contributed by atoms with Gasteiger partial charge in [0.1, 0.15) is 0 Å². The van der Waals surface area contributed by atoms with Crippen molar-refractivity contribution in [1.82, 2.24) is 24.7 Å². The molecule has 1 aromatic rings. The van der Waals surface area contributed by atoms with Gasteiger partial charge in [-0.15, -0.1) is 0 Å². The first kappa shape index (κ1) is 14.8. The van der Waals surface area contributed by atoms with Gasteiger partial charge in [-0.3, -0.25) is 0 Å². The molecule has 0 aromatic carbocycles. The van der Waals surface area contributed by atoms with Crippen molar-refractivity contribution in [3.8, 4) is 0 Å². The minimum Gasteiger partial charge on any atom is -0.336 e. The lowest BCUT2D eigenvalue weighted by Gasteiger charge is -2.35. The van der Waals surface area contributed by atoms with Crippen molar-refractivity contribution < 1.29 is 4.79 Å². The number of nitrogens with zero attached hydrogens (tertiary/aromatic N) is 4. The summed E-state index contributed by atoms with van der Waals surface area (Å²) in [6.07, 6.45) is 7.67. The molecule has 1 N–H and O–H groups in total. The van der Waals surface area contributed by atoms with Crippen LogP contribution in [0, 0.1) is 0 Å². The van der Waals surface area contributed by atoms with Crippen molar-refractivity contribution in [2.24, 2.45) is 0 Å². The zero-order valence-electron chi connectivity index (χ0n) is 12.6. The molecule has 112 valence electrons. The van der Waals surface area contributed by atoms with E-state index in [2.05, 4.69) is 21.8 Å². The van der Waals surface area contributed by atoms with Crippen LogP contribution in [-0.4, -0.2) is 64.7 Å². The second-order valence-corrected chi connectivity index (χ2v) is 5.77. The van der Waals surface area contributed by atoms with Crippen LogP contribution in [-0.2, 0) is 6.54 Å². The Hall–Kier alpha value is -1.56. The SMILES string of the molecule is CC(Cn1ccnc1)NC1CCN(C(=O)N(C)C)CC1. The molecule has 1 aromatic heterocycles. The number of carbonyl (C=O) groups is 1. The van der Waals surface area contributed by atoms with Crippen LogP contribution in [0.5, 0.6) is 0 Å². The summed E-state index contributed by atoms with van der Waals surface area (Å²) in [6.45, 7) is 4.80. The summed E-state index contributed by atoms with van der Waals surface area (Å²) < 4.78 is 2.09. The third-order valence-corrected chi connectivity index (χ3v) is 3.71. The Morgan fingerprint density at radius 2 is 2.15 bits per heavy atom. The first-order valence-electron chi connectivity index (χ1n) is 7.24. The van der Waals surface area contributed by atoms with Gasteiger partial charge >= 0.3 is 6.03 Å². The molecule has 20 heavy (non-hydrogen) atoms. The van der Waals surface area contributed by atoms with Gasteiger partial charge in [0.05, 0.1) is 6.33 Å². The number of rotatable bonds is 4. The van der Waals surface area contributed by atoms with E-state index in [0.29, 0.717) is 12.1 Å². The summed E-state index contributed by atoms with van der Waals surface area (Å²) in [5.74, 6) is 0. The number of imidazole rings is 1. The number of likely N-dealkylation sites (tertiary alicyclic amines) is 1. The molecule has 1 saturated heterocycles. The first-order valence-corrected chi connectivity index (χ1v) is 7.24. The molecule has 1 fully saturated rings. The number of amides is 2. The second kappa shape index (κ2) is 6.74. The van der Waals surface area contributed by atoms with E-state index in [1.54, 1.807) is 25.2 Å². The van der Waals surface area contributed by atoms with Crippen LogP contribution >= 0.6 is 0 Å². The topological polar surface area (TPSA) is 53.4 Å². The largest absolute Gasteiger partial charge is 0.336 e. The minimum atomic E-state index is 0.120. The lowest BCUT2D eigenvalue weighted by Crippen LogP contribution is -2.50. The molecule has 1 unspecified atom stereocenters. The Bertz CT molecular complexity index is 409. The first-order chi connectivity index (χ1) is 9.56. The maximum absolute atomic E-state index is 11.9. The number of aromatic nitrogens is 2. The van der Waals surface area contributed by atoms with Crippen molar-refractivity contribution in [2.45, 2.75) is 38.4 Å². The maximum atomic E-state index is 11.9. The summed E-state index contributed by atoms with van der Waals surface area (Å²) in [4.78, 5) is 19.5. The van der Waals surface area contributed by atoms with Gasteiger partial charge in [0.2, 0.25) is 0 Å². The number of hydrogen-bond donors (Lipinski definition) is 1. The number of carbonyl (C=O) groups excluding carboxylic acids is 1. The molecule has 1 aliphatic rings. The van der Waals surface area contributed by atoms with Gasteiger partial charge in [-0.1, -0.05) is 0 Å². The van der Waals surface area contributed by atoms with E-state index in [1.807, 2.05) is 17.4 Å². The van der Waals surface area contributed by atoms with Crippen LogP contribution in [0.2, 0.25) is 0 Å². The van der Waals surface area contributed by atoms with Crippen molar-refractivity contribution >= 4 is 6.03 Å².